The number of thioether (sulfide) groups is 1. The number of pyridine rings is 1. The van der Waals surface area contributed by atoms with Gasteiger partial charge in [-0.15, -0.1) is 11.3 Å². The number of alkyl halides is 3. The molecule has 158 valence electrons. The minimum atomic E-state index is -4.43. The molecule has 1 N–H and O–H groups in total. The molecule has 0 fully saturated rings. The molecule has 0 atom stereocenters. The number of carbonyl (C=O) groups is 1. The zero-order valence-corrected chi connectivity index (χ0v) is 17.4. The summed E-state index contributed by atoms with van der Waals surface area (Å²) in [7, 11) is 0. The molecule has 4 rings (SSSR count). The second kappa shape index (κ2) is 8.73. The van der Waals surface area contributed by atoms with Gasteiger partial charge in [0.05, 0.1) is 5.56 Å². The van der Waals surface area contributed by atoms with Crippen LogP contribution in [-0.2, 0) is 18.7 Å². The lowest BCUT2D eigenvalue weighted by atomic mass is 10.1. The summed E-state index contributed by atoms with van der Waals surface area (Å²) in [5.41, 5.74) is 2.37. The highest BCUT2D eigenvalue weighted by molar-refractivity contribution is 7.98. The van der Waals surface area contributed by atoms with Crippen molar-refractivity contribution >= 4 is 29.0 Å². The molecule has 3 aromatic heterocycles. The van der Waals surface area contributed by atoms with Gasteiger partial charge in [0.15, 0.2) is 6.61 Å². The number of nitrogens with one attached hydrogen (secondary N) is 1. The van der Waals surface area contributed by atoms with Crippen LogP contribution in [-0.4, -0.2) is 34.0 Å². The van der Waals surface area contributed by atoms with Crippen molar-refractivity contribution in [2.45, 2.75) is 24.9 Å². The number of aromatic nitrogens is 2. The van der Waals surface area contributed by atoms with E-state index in [9.17, 15) is 18.0 Å². The molecular formula is C20H18F3N3O2S2. The first-order chi connectivity index (χ1) is 14.4. The molecule has 30 heavy (non-hydrogen) atoms. The predicted molar refractivity (Wildman–Crippen MR) is 110 cm³/mol. The first-order valence-corrected chi connectivity index (χ1v) is 11.2. The van der Waals surface area contributed by atoms with E-state index in [1.807, 2.05) is 40.9 Å². The third kappa shape index (κ3) is 4.81. The lowest BCUT2D eigenvalue weighted by Crippen LogP contribution is -2.25. The predicted octanol–water partition coefficient (Wildman–Crippen LogP) is 4.59. The maximum atomic E-state index is 13.1. The van der Waals surface area contributed by atoms with Crippen molar-refractivity contribution in [1.29, 1.82) is 0 Å². The summed E-state index contributed by atoms with van der Waals surface area (Å²) in [5.74, 6) is 1.54. The van der Waals surface area contributed by atoms with Crippen LogP contribution in [0, 0.1) is 0 Å². The first kappa shape index (κ1) is 20.8. The number of halogens is 3. The van der Waals surface area contributed by atoms with Gasteiger partial charge in [0, 0.05) is 41.8 Å². The van der Waals surface area contributed by atoms with Crippen molar-refractivity contribution in [2.24, 2.45) is 0 Å². The monoisotopic (exact) mass is 453 g/mol. The van der Waals surface area contributed by atoms with Gasteiger partial charge >= 0.3 is 6.18 Å². The van der Waals surface area contributed by atoms with Crippen molar-refractivity contribution in [3.05, 3.63) is 64.4 Å². The highest BCUT2D eigenvalue weighted by Crippen LogP contribution is 2.38. The fraction of sp³-hybridized carbons (Fsp3) is 0.300. The Balaban J connectivity index is 1.51. The molecule has 1 aliphatic heterocycles. The van der Waals surface area contributed by atoms with Gasteiger partial charge < -0.3 is 14.6 Å². The topological polar surface area (TPSA) is 56.1 Å². The van der Waals surface area contributed by atoms with E-state index in [1.165, 1.54) is 17.1 Å². The van der Waals surface area contributed by atoms with Crippen molar-refractivity contribution in [1.82, 2.24) is 14.9 Å². The number of amides is 1. The number of fused-ring (bicyclic) bond motifs is 1. The smallest absolute Gasteiger partial charge is 0.422 e. The van der Waals surface area contributed by atoms with Gasteiger partial charge in [0.2, 0.25) is 5.88 Å². The number of hydrogen-bond donors (Lipinski definition) is 1. The van der Waals surface area contributed by atoms with E-state index in [1.54, 1.807) is 17.4 Å². The standard InChI is InChI=1S/C20H18F3N3O2S2/c21-20(22,23)12-28-16-9-13(3-5-24-16)10-25-18(27)17-14-4-8-29-11-15(14)30-19(17)26-6-1-2-7-26/h1-3,5-7,9H,4,8,10-12H2,(H,25,27). The largest absolute Gasteiger partial charge is 0.468 e. The summed E-state index contributed by atoms with van der Waals surface area (Å²) in [6.45, 7) is -1.25. The third-order valence-corrected chi connectivity index (χ3v) is 6.92. The molecule has 1 amide bonds. The van der Waals surface area contributed by atoms with E-state index in [-0.39, 0.29) is 18.3 Å². The van der Waals surface area contributed by atoms with Crippen molar-refractivity contribution in [2.75, 3.05) is 12.4 Å². The van der Waals surface area contributed by atoms with Gasteiger partial charge in [-0.05, 0) is 41.5 Å². The van der Waals surface area contributed by atoms with Crippen molar-refractivity contribution in [3.63, 3.8) is 0 Å². The van der Waals surface area contributed by atoms with Crippen molar-refractivity contribution in [3.8, 4) is 10.9 Å². The van der Waals surface area contributed by atoms with Gasteiger partial charge in [-0.25, -0.2) is 4.98 Å². The number of carbonyl (C=O) groups excluding carboxylic acids is 1. The summed E-state index contributed by atoms with van der Waals surface area (Å²) in [6.07, 6.45) is 1.59. The number of hydrogen-bond acceptors (Lipinski definition) is 5. The van der Waals surface area contributed by atoms with Crippen LogP contribution in [0.25, 0.3) is 5.00 Å². The third-order valence-electron chi connectivity index (χ3n) is 4.50. The Bertz CT molecular complexity index is 1030. The normalized spacial score (nSPS) is 13.7. The number of thiophene rings is 1. The molecule has 0 aromatic carbocycles. The molecule has 0 bridgehead atoms. The molecule has 3 aromatic rings. The van der Waals surface area contributed by atoms with E-state index in [2.05, 4.69) is 15.0 Å². The molecule has 0 radical (unpaired) electrons. The summed E-state index contributed by atoms with van der Waals surface area (Å²) in [6, 6.07) is 6.86. The van der Waals surface area contributed by atoms with E-state index >= 15 is 0 Å². The van der Waals surface area contributed by atoms with E-state index in [4.69, 9.17) is 0 Å². The molecule has 10 heteroatoms. The first-order valence-electron chi connectivity index (χ1n) is 9.19. The quantitative estimate of drug-likeness (QED) is 0.593. The van der Waals surface area contributed by atoms with E-state index in [0.717, 1.165) is 28.5 Å². The summed E-state index contributed by atoms with van der Waals surface area (Å²) in [5, 5.41) is 3.78. The zero-order valence-electron chi connectivity index (χ0n) is 15.7. The Morgan fingerprint density at radius 3 is 2.87 bits per heavy atom. The molecular weight excluding hydrogens is 435 g/mol. The van der Waals surface area contributed by atoms with Crippen LogP contribution in [0.4, 0.5) is 13.2 Å². The van der Waals surface area contributed by atoms with Crippen LogP contribution in [0.2, 0.25) is 0 Å². The van der Waals surface area contributed by atoms with Gasteiger partial charge in [0.25, 0.3) is 5.91 Å². The van der Waals surface area contributed by atoms with E-state index < -0.39 is 12.8 Å². The van der Waals surface area contributed by atoms with Crippen LogP contribution in [0.5, 0.6) is 5.88 Å². The molecule has 5 nitrogen and oxygen atoms in total. The minimum absolute atomic E-state index is 0.128. The molecule has 0 saturated carbocycles. The second-order valence-electron chi connectivity index (χ2n) is 6.67. The molecule has 0 spiro atoms. The Kier molecular flexibility index (Phi) is 6.05. The van der Waals surface area contributed by atoms with Crippen molar-refractivity contribution < 1.29 is 22.7 Å². The highest BCUT2D eigenvalue weighted by atomic mass is 32.2. The SMILES string of the molecule is O=C(NCc1ccnc(OCC(F)(F)F)c1)c1c(-n2cccc2)sc2c1CCSC2. The summed E-state index contributed by atoms with van der Waals surface area (Å²) < 4.78 is 43.6. The molecule has 4 heterocycles. The highest BCUT2D eigenvalue weighted by Gasteiger charge is 2.29. The Labute approximate surface area is 179 Å². The van der Waals surface area contributed by atoms with Gasteiger partial charge in [-0.3, -0.25) is 4.79 Å². The van der Waals surface area contributed by atoms with Gasteiger partial charge in [-0.2, -0.15) is 24.9 Å². The summed E-state index contributed by atoms with van der Waals surface area (Å²) in [4.78, 5) is 18.1. The minimum Gasteiger partial charge on any atom is -0.468 e. The second-order valence-corrected chi connectivity index (χ2v) is 8.85. The molecule has 0 unspecified atom stereocenters. The van der Waals surface area contributed by atoms with Crippen LogP contribution < -0.4 is 10.1 Å². The average molecular weight is 454 g/mol. The maximum Gasteiger partial charge on any atom is 0.422 e. The van der Waals surface area contributed by atoms with E-state index in [0.29, 0.717) is 11.1 Å². The zero-order chi connectivity index (χ0) is 21.1. The van der Waals surface area contributed by atoms with Crippen LogP contribution in [0.15, 0.2) is 42.9 Å². The molecule has 1 aliphatic rings. The van der Waals surface area contributed by atoms with Gasteiger partial charge in [0.1, 0.15) is 5.00 Å². The number of ether oxygens (including phenoxy) is 1. The maximum absolute atomic E-state index is 13.1. The Morgan fingerprint density at radius 2 is 2.10 bits per heavy atom. The molecule has 0 saturated heterocycles. The Hall–Kier alpha value is -2.46. The van der Waals surface area contributed by atoms with Crippen LogP contribution >= 0.6 is 23.1 Å². The van der Waals surface area contributed by atoms with Crippen LogP contribution in [0.1, 0.15) is 26.4 Å². The van der Waals surface area contributed by atoms with Gasteiger partial charge in [-0.1, -0.05) is 0 Å². The lowest BCUT2D eigenvalue weighted by molar-refractivity contribution is -0.154. The lowest BCUT2D eigenvalue weighted by Gasteiger charge is -2.13. The van der Waals surface area contributed by atoms with Crippen LogP contribution in [0.3, 0.4) is 0 Å². The fourth-order valence-corrected chi connectivity index (χ4v) is 5.61. The summed E-state index contributed by atoms with van der Waals surface area (Å²) >= 11 is 3.48. The average Bonchev–Trinajstić information content (AvgIpc) is 3.38. The fourth-order valence-electron chi connectivity index (χ4n) is 3.17. The number of rotatable bonds is 6. The molecule has 0 aliphatic carbocycles. The Morgan fingerprint density at radius 1 is 1.30 bits per heavy atom. The number of nitrogens with zero attached hydrogens (tertiary/aromatic N) is 2.